The maximum atomic E-state index is 12.4. The molecule has 0 unspecified atom stereocenters. The SMILES string of the molecule is C[C@H](C1CC1)N(C)C(=O)c1ccc(Cn2cncn2)cc1. The van der Waals surface area contributed by atoms with Gasteiger partial charge in [0.25, 0.3) is 5.91 Å². The van der Waals surface area contributed by atoms with E-state index in [-0.39, 0.29) is 5.91 Å². The minimum absolute atomic E-state index is 0.0988. The third kappa shape index (κ3) is 3.12. The molecule has 1 amide bonds. The molecule has 1 aliphatic carbocycles. The van der Waals surface area contributed by atoms with Gasteiger partial charge in [-0.3, -0.25) is 4.79 Å². The molecular formula is C16H20N4O. The predicted molar refractivity (Wildman–Crippen MR) is 79.8 cm³/mol. The van der Waals surface area contributed by atoms with E-state index in [0.29, 0.717) is 18.5 Å². The number of hydrogen-bond donors (Lipinski definition) is 0. The second-order valence-corrected chi connectivity index (χ2v) is 5.78. The van der Waals surface area contributed by atoms with Crippen molar-refractivity contribution in [2.45, 2.75) is 32.4 Å². The Morgan fingerprint density at radius 2 is 2.10 bits per heavy atom. The maximum absolute atomic E-state index is 12.4. The Morgan fingerprint density at radius 3 is 2.67 bits per heavy atom. The molecule has 2 aromatic rings. The summed E-state index contributed by atoms with van der Waals surface area (Å²) in [6.45, 7) is 2.80. The van der Waals surface area contributed by atoms with Crippen molar-refractivity contribution in [3.8, 4) is 0 Å². The van der Waals surface area contributed by atoms with Crippen LogP contribution in [0.1, 0.15) is 35.7 Å². The van der Waals surface area contributed by atoms with Crippen molar-refractivity contribution >= 4 is 5.91 Å². The van der Waals surface area contributed by atoms with Crippen LogP contribution in [0, 0.1) is 5.92 Å². The molecule has 1 heterocycles. The first-order chi connectivity index (χ1) is 10.1. The van der Waals surface area contributed by atoms with E-state index in [1.807, 2.05) is 36.2 Å². The molecule has 1 aromatic heterocycles. The zero-order valence-corrected chi connectivity index (χ0v) is 12.4. The highest BCUT2D eigenvalue weighted by atomic mass is 16.2. The molecule has 1 aliphatic rings. The Balaban J connectivity index is 1.66. The van der Waals surface area contributed by atoms with Crippen LogP contribution in [-0.4, -0.2) is 38.7 Å². The van der Waals surface area contributed by atoms with Gasteiger partial charge in [0.1, 0.15) is 12.7 Å². The summed E-state index contributed by atoms with van der Waals surface area (Å²) >= 11 is 0. The number of rotatable bonds is 5. The number of hydrogen-bond acceptors (Lipinski definition) is 3. The lowest BCUT2D eigenvalue weighted by Gasteiger charge is -2.25. The summed E-state index contributed by atoms with van der Waals surface area (Å²) in [5, 5.41) is 4.08. The minimum Gasteiger partial charge on any atom is -0.339 e. The Bertz CT molecular complexity index is 602. The summed E-state index contributed by atoms with van der Waals surface area (Å²) in [6, 6.07) is 8.07. The number of aromatic nitrogens is 3. The van der Waals surface area contributed by atoms with Crippen molar-refractivity contribution in [2.75, 3.05) is 7.05 Å². The zero-order valence-electron chi connectivity index (χ0n) is 12.4. The molecule has 5 nitrogen and oxygen atoms in total. The summed E-state index contributed by atoms with van der Waals surface area (Å²) in [6.07, 6.45) is 5.70. The Morgan fingerprint density at radius 1 is 1.38 bits per heavy atom. The maximum Gasteiger partial charge on any atom is 0.253 e. The fourth-order valence-electron chi connectivity index (χ4n) is 2.54. The highest BCUT2D eigenvalue weighted by molar-refractivity contribution is 5.94. The monoisotopic (exact) mass is 284 g/mol. The van der Waals surface area contributed by atoms with Crippen molar-refractivity contribution in [2.24, 2.45) is 5.92 Å². The van der Waals surface area contributed by atoms with Gasteiger partial charge in [-0.25, -0.2) is 9.67 Å². The molecule has 0 radical (unpaired) electrons. The molecule has 0 bridgehead atoms. The predicted octanol–water partition coefficient (Wildman–Crippen LogP) is 2.20. The number of amides is 1. The summed E-state index contributed by atoms with van der Waals surface area (Å²) < 4.78 is 1.76. The van der Waals surface area contributed by atoms with Crippen molar-refractivity contribution in [3.63, 3.8) is 0 Å². The van der Waals surface area contributed by atoms with Gasteiger partial charge in [-0.1, -0.05) is 12.1 Å². The second-order valence-electron chi connectivity index (χ2n) is 5.78. The van der Waals surface area contributed by atoms with Crippen molar-refractivity contribution in [3.05, 3.63) is 48.0 Å². The van der Waals surface area contributed by atoms with E-state index in [4.69, 9.17) is 0 Å². The zero-order chi connectivity index (χ0) is 14.8. The van der Waals surface area contributed by atoms with Crippen LogP contribution >= 0.6 is 0 Å². The van der Waals surface area contributed by atoms with Crippen LogP contribution in [0.25, 0.3) is 0 Å². The van der Waals surface area contributed by atoms with Gasteiger partial charge in [0.05, 0.1) is 6.54 Å². The molecule has 21 heavy (non-hydrogen) atoms. The lowest BCUT2D eigenvalue weighted by molar-refractivity contribution is 0.0727. The average Bonchev–Trinajstić information content (AvgIpc) is 3.24. The lowest BCUT2D eigenvalue weighted by atomic mass is 10.1. The van der Waals surface area contributed by atoms with Gasteiger partial charge in [-0.2, -0.15) is 5.10 Å². The van der Waals surface area contributed by atoms with E-state index in [1.54, 1.807) is 11.0 Å². The molecule has 1 saturated carbocycles. The van der Waals surface area contributed by atoms with Gasteiger partial charge < -0.3 is 4.90 Å². The molecule has 3 rings (SSSR count). The number of benzene rings is 1. The Labute approximate surface area is 124 Å². The Kier molecular flexibility index (Phi) is 3.73. The lowest BCUT2D eigenvalue weighted by Crippen LogP contribution is -2.36. The standard InChI is InChI=1S/C16H20N4O/c1-12(14-7-8-14)19(2)16(21)15-5-3-13(4-6-15)9-20-11-17-10-18-20/h3-6,10-12,14H,7-9H2,1-2H3/t12-/m1/s1. The van der Waals surface area contributed by atoms with E-state index in [1.165, 1.54) is 19.2 Å². The molecule has 1 fully saturated rings. The van der Waals surface area contributed by atoms with Crippen LogP contribution in [-0.2, 0) is 6.54 Å². The average molecular weight is 284 g/mol. The summed E-state index contributed by atoms with van der Waals surface area (Å²) in [5.41, 5.74) is 1.85. The number of carbonyl (C=O) groups is 1. The van der Waals surface area contributed by atoms with E-state index >= 15 is 0 Å². The largest absolute Gasteiger partial charge is 0.339 e. The highest BCUT2D eigenvalue weighted by Crippen LogP contribution is 2.35. The van der Waals surface area contributed by atoms with E-state index < -0.39 is 0 Å². The van der Waals surface area contributed by atoms with E-state index in [0.717, 1.165) is 11.1 Å². The van der Waals surface area contributed by atoms with Crippen molar-refractivity contribution < 1.29 is 4.79 Å². The molecule has 5 heteroatoms. The van der Waals surface area contributed by atoms with Crippen LogP contribution in [0.15, 0.2) is 36.9 Å². The van der Waals surface area contributed by atoms with Gasteiger partial charge in [-0.05, 0) is 43.4 Å². The second kappa shape index (κ2) is 5.68. The molecule has 1 aromatic carbocycles. The van der Waals surface area contributed by atoms with Crippen LogP contribution in [0.4, 0.5) is 0 Å². The smallest absolute Gasteiger partial charge is 0.253 e. The summed E-state index contributed by atoms with van der Waals surface area (Å²) in [5.74, 6) is 0.784. The van der Waals surface area contributed by atoms with Gasteiger partial charge in [0, 0.05) is 18.7 Å². The molecule has 0 saturated heterocycles. The number of nitrogens with zero attached hydrogens (tertiary/aromatic N) is 4. The van der Waals surface area contributed by atoms with Gasteiger partial charge in [0.15, 0.2) is 0 Å². The summed E-state index contributed by atoms with van der Waals surface area (Å²) in [4.78, 5) is 18.2. The molecular weight excluding hydrogens is 264 g/mol. The normalized spacial score (nSPS) is 15.7. The highest BCUT2D eigenvalue weighted by Gasteiger charge is 2.32. The van der Waals surface area contributed by atoms with Crippen LogP contribution in [0.3, 0.4) is 0 Å². The molecule has 110 valence electrons. The van der Waals surface area contributed by atoms with E-state index in [2.05, 4.69) is 17.0 Å². The quantitative estimate of drug-likeness (QED) is 0.845. The van der Waals surface area contributed by atoms with Crippen LogP contribution in [0.2, 0.25) is 0 Å². The number of carbonyl (C=O) groups excluding carboxylic acids is 1. The molecule has 1 atom stereocenters. The third-order valence-electron chi connectivity index (χ3n) is 4.25. The van der Waals surface area contributed by atoms with Crippen LogP contribution < -0.4 is 0 Å². The molecule has 0 spiro atoms. The first kappa shape index (κ1) is 13.8. The van der Waals surface area contributed by atoms with Gasteiger partial charge >= 0.3 is 0 Å². The van der Waals surface area contributed by atoms with Crippen molar-refractivity contribution in [1.82, 2.24) is 19.7 Å². The first-order valence-electron chi connectivity index (χ1n) is 7.33. The van der Waals surface area contributed by atoms with Gasteiger partial charge in [-0.15, -0.1) is 0 Å². The third-order valence-corrected chi connectivity index (χ3v) is 4.25. The topological polar surface area (TPSA) is 51.0 Å². The van der Waals surface area contributed by atoms with Crippen LogP contribution in [0.5, 0.6) is 0 Å². The molecule has 0 N–H and O–H groups in total. The fourth-order valence-corrected chi connectivity index (χ4v) is 2.54. The fraction of sp³-hybridized carbons (Fsp3) is 0.438. The minimum atomic E-state index is 0.0988. The molecule has 0 aliphatic heterocycles. The van der Waals surface area contributed by atoms with Gasteiger partial charge in [0.2, 0.25) is 0 Å². The Hall–Kier alpha value is -2.17. The summed E-state index contributed by atoms with van der Waals surface area (Å²) in [7, 11) is 1.90. The first-order valence-corrected chi connectivity index (χ1v) is 7.33. The van der Waals surface area contributed by atoms with Crippen molar-refractivity contribution in [1.29, 1.82) is 0 Å². The van der Waals surface area contributed by atoms with E-state index in [9.17, 15) is 4.79 Å².